The van der Waals surface area contributed by atoms with Crippen molar-refractivity contribution >= 4 is 0 Å². The molecule has 1 aromatic rings. The maximum Gasteiger partial charge on any atom is 0.126 e. The Hall–Kier alpha value is -1.24. The molecule has 18 heavy (non-hydrogen) atoms. The lowest BCUT2D eigenvalue weighted by Gasteiger charge is -2.19. The van der Waals surface area contributed by atoms with E-state index in [0.29, 0.717) is 5.41 Å². The first kappa shape index (κ1) is 14.8. The van der Waals surface area contributed by atoms with Gasteiger partial charge in [0.05, 0.1) is 6.26 Å². The highest BCUT2D eigenvalue weighted by atomic mass is 16.5. The largest absolute Gasteiger partial charge is 0.465 e. The molecule has 0 fully saturated rings. The minimum atomic E-state index is 0.195. The van der Waals surface area contributed by atoms with Gasteiger partial charge in [0.1, 0.15) is 5.75 Å². The van der Waals surface area contributed by atoms with Gasteiger partial charge in [0.15, 0.2) is 0 Å². The Balaban J connectivity index is 2.55. The fraction of sp³-hybridized carbons (Fsp3) is 0.529. The van der Waals surface area contributed by atoms with Crippen molar-refractivity contribution in [1.82, 2.24) is 0 Å². The molecule has 0 saturated heterocycles. The van der Waals surface area contributed by atoms with E-state index in [2.05, 4.69) is 59.8 Å². The molecule has 0 amide bonds. The van der Waals surface area contributed by atoms with E-state index >= 15 is 0 Å². The highest BCUT2D eigenvalue weighted by Crippen LogP contribution is 2.24. The average Bonchev–Trinajstić information content (AvgIpc) is 2.22. The topological polar surface area (TPSA) is 9.23 Å². The third-order valence-corrected chi connectivity index (χ3v) is 2.75. The van der Waals surface area contributed by atoms with E-state index in [1.165, 1.54) is 5.56 Å². The lowest BCUT2D eigenvalue weighted by molar-refractivity contribution is 0.410. The molecular formula is C17H26O. The van der Waals surface area contributed by atoms with Gasteiger partial charge in [-0.3, -0.25) is 0 Å². The average molecular weight is 246 g/mol. The SMILES string of the molecule is CC(C)(C)C/C=C/Oc1ccc(C(C)(C)C)cc1. The van der Waals surface area contributed by atoms with Crippen LogP contribution in [0.2, 0.25) is 0 Å². The Kier molecular flexibility index (Phi) is 4.61. The third kappa shape index (κ3) is 5.39. The van der Waals surface area contributed by atoms with Gasteiger partial charge in [-0.25, -0.2) is 0 Å². The molecule has 1 nitrogen and oxygen atoms in total. The Morgan fingerprint density at radius 2 is 1.50 bits per heavy atom. The summed E-state index contributed by atoms with van der Waals surface area (Å²) in [6.07, 6.45) is 4.89. The molecule has 100 valence electrons. The fourth-order valence-electron chi connectivity index (χ4n) is 1.56. The van der Waals surface area contributed by atoms with Crippen molar-refractivity contribution in [1.29, 1.82) is 0 Å². The lowest BCUT2D eigenvalue weighted by Crippen LogP contribution is -2.10. The van der Waals surface area contributed by atoms with Crippen LogP contribution < -0.4 is 4.74 Å². The quantitative estimate of drug-likeness (QED) is 0.656. The van der Waals surface area contributed by atoms with Gasteiger partial charge in [0.2, 0.25) is 0 Å². The number of ether oxygens (including phenoxy) is 1. The minimum absolute atomic E-state index is 0.195. The van der Waals surface area contributed by atoms with Crippen LogP contribution in [-0.2, 0) is 5.41 Å². The van der Waals surface area contributed by atoms with Crippen molar-refractivity contribution in [2.45, 2.75) is 53.4 Å². The van der Waals surface area contributed by atoms with E-state index in [4.69, 9.17) is 4.74 Å². The smallest absolute Gasteiger partial charge is 0.126 e. The lowest BCUT2D eigenvalue weighted by atomic mass is 9.87. The van der Waals surface area contributed by atoms with Gasteiger partial charge >= 0.3 is 0 Å². The standard InChI is InChI=1S/C17H26O/c1-16(2,3)12-7-13-18-15-10-8-14(9-11-15)17(4,5)6/h7-11,13H,12H2,1-6H3/b13-7+. The summed E-state index contributed by atoms with van der Waals surface area (Å²) in [5, 5.41) is 0. The summed E-state index contributed by atoms with van der Waals surface area (Å²) in [6, 6.07) is 8.32. The van der Waals surface area contributed by atoms with Gasteiger partial charge in [-0.1, -0.05) is 53.7 Å². The zero-order valence-electron chi connectivity index (χ0n) is 12.6. The monoisotopic (exact) mass is 246 g/mol. The van der Waals surface area contributed by atoms with Crippen molar-refractivity contribution in [3.63, 3.8) is 0 Å². The van der Waals surface area contributed by atoms with Crippen LogP contribution in [0.1, 0.15) is 53.5 Å². The Morgan fingerprint density at radius 3 is 1.94 bits per heavy atom. The molecule has 0 aromatic heterocycles. The molecular weight excluding hydrogens is 220 g/mol. The Labute approximate surface area is 112 Å². The minimum Gasteiger partial charge on any atom is -0.465 e. The highest BCUT2D eigenvalue weighted by molar-refractivity contribution is 5.31. The summed E-state index contributed by atoms with van der Waals surface area (Å²) >= 11 is 0. The molecule has 0 unspecified atom stereocenters. The predicted octanol–water partition coefficient (Wildman–Crippen LogP) is 5.31. The molecule has 1 aromatic carbocycles. The summed E-state index contributed by atoms with van der Waals surface area (Å²) in [5.74, 6) is 0.896. The molecule has 0 bridgehead atoms. The van der Waals surface area contributed by atoms with Gasteiger partial charge in [-0.05, 0) is 41.0 Å². The van der Waals surface area contributed by atoms with Crippen molar-refractivity contribution in [3.05, 3.63) is 42.2 Å². The Bertz CT molecular complexity index is 385. The maximum atomic E-state index is 5.59. The van der Waals surface area contributed by atoms with E-state index in [1.807, 2.05) is 12.1 Å². The van der Waals surface area contributed by atoms with Gasteiger partial charge in [0.25, 0.3) is 0 Å². The molecule has 0 aliphatic heterocycles. The van der Waals surface area contributed by atoms with E-state index < -0.39 is 0 Å². The first-order valence-electron chi connectivity index (χ1n) is 6.61. The second kappa shape index (κ2) is 5.60. The molecule has 1 rings (SSSR count). The first-order valence-corrected chi connectivity index (χ1v) is 6.61. The molecule has 0 heterocycles. The zero-order valence-corrected chi connectivity index (χ0v) is 12.6. The van der Waals surface area contributed by atoms with E-state index in [1.54, 1.807) is 6.26 Å². The van der Waals surface area contributed by atoms with Crippen LogP contribution in [0, 0.1) is 5.41 Å². The number of hydrogen-bond acceptors (Lipinski definition) is 1. The van der Waals surface area contributed by atoms with Crippen LogP contribution >= 0.6 is 0 Å². The van der Waals surface area contributed by atoms with Crippen molar-refractivity contribution in [2.24, 2.45) is 5.41 Å². The number of allylic oxidation sites excluding steroid dienone is 1. The van der Waals surface area contributed by atoms with Gasteiger partial charge < -0.3 is 4.74 Å². The van der Waals surface area contributed by atoms with Gasteiger partial charge in [0, 0.05) is 0 Å². The van der Waals surface area contributed by atoms with Gasteiger partial charge in [-0.2, -0.15) is 0 Å². The van der Waals surface area contributed by atoms with Crippen LogP contribution in [0.4, 0.5) is 0 Å². The van der Waals surface area contributed by atoms with Crippen LogP contribution in [-0.4, -0.2) is 0 Å². The molecule has 0 spiro atoms. The van der Waals surface area contributed by atoms with E-state index in [-0.39, 0.29) is 5.41 Å². The number of hydrogen-bond donors (Lipinski definition) is 0. The predicted molar refractivity (Wildman–Crippen MR) is 79.0 cm³/mol. The molecule has 0 aliphatic carbocycles. The van der Waals surface area contributed by atoms with Gasteiger partial charge in [-0.15, -0.1) is 0 Å². The third-order valence-electron chi connectivity index (χ3n) is 2.75. The summed E-state index contributed by atoms with van der Waals surface area (Å²) in [5.41, 5.74) is 1.84. The summed E-state index contributed by atoms with van der Waals surface area (Å²) in [4.78, 5) is 0. The number of rotatable bonds is 3. The molecule has 0 N–H and O–H groups in total. The van der Waals surface area contributed by atoms with Crippen molar-refractivity contribution < 1.29 is 4.74 Å². The van der Waals surface area contributed by atoms with Crippen molar-refractivity contribution in [3.8, 4) is 5.75 Å². The second-order valence-corrected chi connectivity index (χ2v) is 7.03. The molecule has 0 saturated carbocycles. The molecule has 0 atom stereocenters. The van der Waals surface area contributed by atoms with Crippen LogP contribution in [0.15, 0.2) is 36.6 Å². The zero-order chi connectivity index (χ0) is 13.8. The maximum absolute atomic E-state index is 5.59. The highest BCUT2D eigenvalue weighted by Gasteiger charge is 2.12. The number of benzene rings is 1. The fourth-order valence-corrected chi connectivity index (χ4v) is 1.56. The summed E-state index contributed by atoms with van der Waals surface area (Å²) in [7, 11) is 0. The first-order chi connectivity index (χ1) is 8.18. The molecule has 1 heteroatoms. The summed E-state index contributed by atoms with van der Waals surface area (Å²) < 4.78 is 5.59. The van der Waals surface area contributed by atoms with E-state index in [0.717, 1.165) is 12.2 Å². The molecule has 0 aliphatic rings. The van der Waals surface area contributed by atoms with E-state index in [9.17, 15) is 0 Å². The van der Waals surface area contributed by atoms with Crippen molar-refractivity contribution in [2.75, 3.05) is 0 Å². The summed E-state index contributed by atoms with van der Waals surface area (Å²) in [6.45, 7) is 13.3. The molecule has 0 radical (unpaired) electrons. The van der Waals surface area contributed by atoms with Crippen LogP contribution in [0.5, 0.6) is 5.75 Å². The van der Waals surface area contributed by atoms with Crippen LogP contribution in [0.3, 0.4) is 0 Å². The van der Waals surface area contributed by atoms with Crippen LogP contribution in [0.25, 0.3) is 0 Å². The Morgan fingerprint density at radius 1 is 0.944 bits per heavy atom. The second-order valence-electron chi connectivity index (χ2n) is 7.03. The normalized spacial score (nSPS) is 13.0.